The minimum atomic E-state index is -0.172. The maximum absolute atomic E-state index is 12.1. The quantitative estimate of drug-likeness (QED) is 0.904. The lowest BCUT2D eigenvalue weighted by Crippen LogP contribution is -2.37. The van der Waals surface area contributed by atoms with Gasteiger partial charge in [-0.2, -0.15) is 5.10 Å². The summed E-state index contributed by atoms with van der Waals surface area (Å²) < 4.78 is 1.69. The van der Waals surface area contributed by atoms with E-state index in [9.17, 15) is 4.79 Å². The van der Waals surface area contributed by atoms with Crippen LogP contribution in [0.2, 0.25) is 5.02 Å². The molecule has 0 bridgehead atoms. The van der Waals surface area contributed by atoms with E-state index in [4.69, 9.17) is 17.3 Å². The molecule has 21 heavy (non-hydrogen) atoms. The van der Waals surface area contributed by atoms with Gasteiger partial charge in [0.15, 0.2) is 0 Å². The van der Waals surface area contributed by atoms with E-state index >= 15 is 0 Å². The largest absolute Gasteiger partial charge is 0.348 e. The highest BCUT2D eigenvalue weighted by Crippen LogP contribution is 2.17. The van der Waals surface area contributed by atoms with Gasteiger partial charge >= 0.3 is 0 Å². The summed E-state index contributed by atoms with van der Waals surface area (Å²) in [6.07, 6.45) is 1.55. The molecule has 7 heteroatoms. The maximum atomic E-state index is 12.1. The van der Waals surface area contributed by atoms with Gasteiger partial charge in [-0.05, 0) is 32.0 Å². The van der Waals surface area contributed by atoms with Gasteiger partial charge < -0.3 is 11.1 Å². The first-order chi connectivity index (χ1) is 9.52. The molecule has 2 aromatic rings. The summed E-state index contributed by atoms with van der Waals surface area (Å²) in [7, 11) is 0. The smallest absolute Gasteiger partial charge is 0.255 e. The monoisotopic (exact) mass is 328 g/mol. The summed E-state index contributed by atoms with van der Waals surface area (Å²) in [5.74, 6) is -0.172. The molecule has 0 saturated carbocycles. The highest BCUT2D eigenvalue weighted by molar-refractivity contribution is 6.30. The number of carbonyl (C=O) groups excluding carboxylic acids is 1. The second-order valence-electron chi connectivity index (χ2n) is 4.65. The van der Waals surface area contributed by atoms with E-state index in [2.05, 4.69) is 10.4 Å². The summed E-state index contributed by atoms with van der Waals surface area (Å²) in [4.78, 5) is 12.1. The van der Waals surface area contributed by atoms with Gasteiger partial charge in [-0.25, -0.2) is 4.68 Å². The minimum Gasteiger partial charge on any atom is -0.348 e. The molecular formula is C14H18Cl2N4O. The molecule has 5 nitrogen and oxygen atoms in total. The van der Waals surface area contributed by atoms with Crippen molar-refractivity contribution in [3.05, 3.63) is 46.7 Å². The molecule has 0 unspecified atom stereocenters. The predicted octanol–water partition coefficient (Wildman–Crippen LogP) is 2.33. The minimum absolute atomic E-state index is 0. The molecule has 1 aromatic heterocycles. The summed E-state index contributed by atoms with van der Waals surface area (Å²) in [5.41, 5.74) is 7.61. The van der Waals surface area contributed by atoms with Crippen LogP contribution >= 0.6 is 24.0 Å². The summed E-state index contributed by atoms with van der Waals surface area (Å²) in [6.45, 7) is 4.10. The standard InChI is InChI=1S/C14H17ClN4O.ClH/c1-9(7-16)18-14(20)13-8-17-19(10(13)2)12-5-3-4-11(15)6-12;/h3-6,8-9H,7,16H2,1-2H3,(H,18,20);1H/t9-;/m0./s1. The number of aromatic nitrogens is 2. The summed E-state index contributed by atoms with van der Waals surface area (Å²) >= 11 is 5.97. The van der Waals surface area contributed by atoms with E-state index in [1.165, 1.54) is 0 Å². The molecule has 0 radical (unpaired) electrons. The number of amides is 1. The Morgan fingerprint density at radius 3 is 2.86 bits per heavy atom. The Labute approximate surface area is 134 Å². The number of halogens is 2. The fraction of sp³-hybridized carbons (Fsp3) is 0.286. The summed E-state index contributed by atoms with van der Waals surface area (Å²) in [5, 5.41) is 7.69. The fourth-order valence-corrected chi connectivity index (χ4v) is 2.05. The fourth-order valence-electron chi connectivity index (χ4n) is 1.86. The highest BCUT2D eigenvalue weighted by Gasteiger charge is 2.16. The van der Waals surface area contributed by atoms with Crippen LogP contribution in [0.1, 0.15) is 23.0 Å². The lowest BCUT2D eigenvalue weighted by molar-refractivity contribution is 0.0940. The lowest BCUT2D eigenvalue weighted by atomic mass is 10.2. The number of carbonyl (C=O) groups is 1. The molecule has 1 aromatic carbocycles. The molecule has 3 N–H and O–H groups in total. The number of hydrogen-bond donors (Lipinski definition) is 2. The first-order valence-corrected chi connectivity index (χ1v) is 6.72. The van der Waals surface area contributed by atoms with Gasteiger partial charge in [0.25, 0.3) is 5.91 Å². The van der Waals surface area contributed by atoms with Crippen molar-refractivity contribution in [2.24, 2.45) is 5.73 Å². The molecule has 1 atom stereocenters. The van der Waals surface area contributed by atoms with Gasteiger partial charge in [0.2, 0.25) is 0 Å². The van der Waals surface area contributed by atoms with Crippen LogP contribution in [0.5, 0.6) is 0 Å². The maximum Gasteiger partial charge on any atom is 0.255 e. The zero-order chi connectivity index (χ0) is 14.7. The molecular weight excluding hydrogens is 311 g/mol. The van der Waals surface area contributed by atoms with Crippen molar-refractivity contribution in [2.45, 2.75) is 19.9 Å². The summed E-state index contributed by atoms with van der Waals surface area (Å²) in [6, 6.07) is 7.24. The average molecular weight is 329 g/mol. The Morgan fingerprint density at radius 1 is 1.52 bits per heavy atom. The van der Waals surface area contributed by atoms with Gasteiger partial charge in [-0.3, -0.25) is 4.79 Å². The van der Waals surface area contributed by atoms with Crippen molar-refractivity contribution in [1.82, 2.24) is 15.1 Å². The van der Waals surface area contributed by atoms with Crippen molar-refractivity contribution >= 4 is 29.9 Å². The zero-order valence-corrected chi connectivity index (χ0v) is 13.4. The van der Waals surface area contributed by atoms with Crippen LogP contribution in [-0.4, -0.2) is 28.3 Å². The Hall–Kier alpha value is -1.56. The van der Waals surface area contributed by atoms with Crippen molar-refractivity contribution in [3.8, 4) is 5.69 Å². The van der Waals surface area contributed by atoms with E-state index in [0.717, 1.165) is 11.4 Å². The lowest BCUT2D eigenvalue weighted by Gasteiger charge is -2.11. The van der Waals surface area contributed by atoms with Gasteiger partial charge in [0.05, 0.1) is 23.1 Å². The van der Waals surface area contributed by atoms with Gasteiger partial charge in [-0.15, -0.1) is 12.4 Å². The van der Waals surface area contributed by atoms with Gasteiger partial charge in [0, 0.05) is 17.6 Å². The van der Waals surface area contributed by atoms with Crippen LogP contribution in [0.15, 0.2) is 30.5 Å². The third-order valence-electron chi connectivity index (χ3n) is 3.04. The predicted molar refractivity (Wildman–Crippen MR) is 86.5 cm³/mol. The number of rotatable bonds is 4. The Balaban J connectivity index is 0.00000220. The van der Waals surface area contributed by atoms with Crippen LogP contribution in [-0.2, 0) is 0 Å². The molecule has 0 aliphatic carbocycles. The van der Waals surface area contributed by atoms with E-state index in [0.29, 0.717) is 17.1 Å². The third-order valence-corrected chi connectivity index (χ3v) is 3.27. The Morgan fingerprint density at radius 2 is 2.24 bits per heavy atom. The Kier molecular flexibility index (Phi) is 6.20. The Bertz CT molecular complexity index is 627. The van der Waals surface area contributed by atoms with E-state index < -0.39 is 0 Å². The second-order valence-corrected chi connectivity index (χ2v) is 5.08. The molecule has 0 aliphatic rings. The SMILES string of the molecule is Cc1c(C(=O)N[C@@H](C)CN)cnn1-c1cccc(Cl)c1.Cl. The van der Waals surface area contributed by atoms with E-state index in [1.54, 1.807) is 23.0 Å². The molecule has 2 rings (SSSR count). The number of benzene rings is 1. The van der Waals surface area contributed by atoms with E-state index in [1.807, 2.05) is 26.0 Å². The van der Waals surface area contributed by atoms with Crippen molar-refractivity contribution < 1.29 is 4.79 Å². The number of hydrogen-bond acceptors (Lipinski definition) is 3. The van der Waals surface area contributed by atoms with E-state index in [-0.39, 0.29) is 24.4 Å². The molecule has 1 heterocycles. The van der Waals surface area contributed by atoms with Crippen LogP contribution in [0, 0.1) is 6.92 Å². The third kappa shape index (κ3) is 3.97. The number of nitrogens with two attached hydrogens (primary N) is 1. The first-order valence-electron chi connectivity index (χ1n) is 6.34. The topological polar surface area (TPSA) is 72.9 Å². The number of nitrogens with zero attached hydrogens (tertiary/aromatic N) is 2. The molecule has 0 fully saturated rings. The van der Waals surface area contributed by atoms with Crippen LogP contribution in [0.4, 0.5) is 0 Å². The van der Waals surface area contributed by atoms with Crippen molar-refractivity contribution in [1.29, 1.82) is 0 Å². The molecule has 114 valence electrons. The second kappa shape index (κ2) is 7.45. The average Bonchev–Trinajstić information content (AvgIpc) is 2.80. The molecule has 1 amide bonds. The zero-order valence-electron chi connectivity index (χ0n) is 11.8. The molecule has 0 saturated heterocycles. The van der Waals surface area contributed by atoms with Crippen LogP contribution in [0.25, 0.3) is 5.69 Å². The molecule has 0 aliphatic heterocycles. The molecule has 0 spiro atoms. The first kappa shape index (κ1) is 17.5. The van der Waals surface area contributed by atoms with Crippen molar-refractivity contribution in [3.63, 3.8) is 0 Å². The van der Waals surface area contributed by atoms with Crippen molar-refractivity contribution in [2.75, 3.05) is 6.54 Å². The van der Waals surface area contributed by atoms with Gasteiger partial charge in [-0.1, -0.05) is 17.7 Å². The highest BCUT2D eigenvalue weighted by atomic mass is 35.5. The normalized spacial score (nSPS) is 11.6. The number of nitrogens with one attached hydrogen (secondary N) is 1. The van der Waals surface area contributed by atoms with Crippen LogP contribution in [0.3, 0.4) is 0 Å². The van der Waals surface area contributed by atoms with Gasteiger partial charge in [0.1, 0.15) is 0 Å². The van der Waals surface area contributed by atoms with Crippen LogP contribution < -0.4 is 11.1 Å².